The maximum Gasteiger partial charge on any atom is 0.408 e. The van der Waals surface area contributed by atoms with Gasteiger partial charge in [-0.15, -0.1) is 0 Å². The molecule has 30 heavy (non-hydrogen) atoms. The minimum absolute atomic E-state index is 0.0630. The summed E-state index contributed by atoms with van der Waals surface area (Å²) in [4.78, 5) is 39.5. The predicted molar refractivity (Wildman–Crippen MR) is 111 cm³/mol. The number of alkyl carbamates (subject to hydrolysis) is 1. The maximum atomic E-state index is 12.3. The number of H-pyrrole nitrogens is 1. The summed E-state index contributed by atoms with van der Waals surface area (Å²) in [7, 11) is 1.21. The lowest BCUT2D eigenvalue weighted by atomic mass is 10.1. The van der Waals surface area contributed by atoms with Gasteiger partial charge in [-0.1, -0.05) is 48.5 Å². The molecular weight excluding hydrogens is 386 g/mol. The van der Waals surface area contributed by atoms with Gasteiger partial charge in [0.1, 0.15) is 12.6 Å². The van der Waals surface area contributed by atoms with Crippen LogP contribution in [-0.2, 0) is 32.1 Å². The van der Waals surface area contributed by atoms with Gasteiger partial charge in [0.2, 0.25) is 5.91 Å². The van der Waals surface area contributed by atoms with Crippen molar-refractivity contribution in [3.05, 3.63) is 71.9 Å². The van der Waals surface area contributed by atoms with Crippen molar-refractivity contribution >= 4 is 28.9 Å². The molecule has 1 heterocycles. The number of hydrogen-bond donors (Lipinski definition) is 3. The summed E-state index contributed by atoms with van der Waals surface area (Å²) in [6.07, 6.45) is 1.14. The molecule has 0 aliphatic rings. The van der Waals surface area contributed by atoms with Crippen LogP contribution in [-0.4, -0.2) is 42.7 Å². The van der Waals surface area contributed by atoms with Crippen LogP contribution >= 0.6 is 0 Å². The number of benzene rings is 2. The second-order valence-electron chi connectivity index (χ2n) is 6.62. The molecule has 0 saturated carbocycles. The third kappa shape index (κ3) is 5.60. The van der Waals surface area contributed by atoms with Crippen molar-refractivity contribution in [2.45, 2.75) is 19.1 Å². The van der Waals surface area contributed by atoms with Crippen LogP contribution in [0.25, 0.3) is 10.9 Å². The van der Waals surface area contributed by atoms with Crippen molar-refractivity contribution in [3.8, 4) is 0 Å². The van der Waals surface area contributed by atoms with E-state index in [1.165, 1.54) is 7.11 Å². The number of rotatable bonds is 8. The maximum absolute atomic E-state index is 12.3. The number of carbonyl (C=O) groups is 3. The zero-order valence-corrected chi connectivity index (χ0v) is 16.5. The summed E-state index contributed by atoms with van der Waals surface area (Å²) < 4.78 is 9.83. The lowest BCUT2D eigenvalue weighted by molar-refractivity contribution is -0.142. The average molecular weight is 409 g/mol. The van der Waals surface area contributed by atoms with E-state index < -0.39 is 18.1 Å². The van der Waals surface area contributed by atoms with Crippen LogP contribution in [0.2, 0.25) is 0 Å². The molecule has 0 fully saturated rings. The quantitative estimate of drug-likeness (QED) is 0.495. The van der Waals surface area contributed by atoms with Crippen molar-refractivity contribution in [1.29, 1.82) is 0 Å². The molecule has 3 rings (SSSR count). The third-order valence-electron chi connectivity index (χ3n) is 4.52. The van der Waals surface area contributed by atoms with Crippen LogP contribution in [0.4, 0.5) is 4.79 Å². The Balaban J connectivity index is 1.52. The van der Waals surface area contributed by atoms with Crippen LogP contribution in [0.3, 0.4) is 0 Å². The molecule has 0 radical (unpaired) electrons. The van der Waals surface area contributed by atoms with E-state index in [0.29, 0.717) is 0 Å². The van der Waals surface area contributed by atoms with E-state index in [-0.39, 0.29) is 25.5 Å². The Morgan fingerprint density at radius 2 is 1.77 bits per heavy atom. The monoisotopic (exact) mass is 409 g/mol. The van der Waals surface area contributed by atoms with Gasteiger partial charge in [0, 0.05) is 23.6 Å². The normalized spacial score (nSPS) is 11.5. The highest BCUT2D eigenvalue weighted by Gasteiger charge is 2.23. The highest BCUT2D eigenvalue weighted by Crippen LogP contribution is 2.17. The standard InChI is InChI=1S/C22H23N3O5/c1-29-21(27)19(25-22(28)30-14-15-7-3-2-4-8-15)13-24-20(26)11-16-12-23-18-10-6-5-9-17(16)18/h2-10,12,19,23H,11,13-14H2,1H3,(H,24,26)(H,25,28). The van der Waals surface area contributed by atoms with Crippen LogP contribution in [0.1, 0.15) is 11.1 Å². The number of carbonyl (C=O) groups excluding carboxylic acids is 3. The number of fused-ring (bicyclic) bond motifs is 1. The number of hydrogen-bond acceptors (Lipinski definition) is 5. The molecular formula is C22H23N3O5. The number of aromatic amines is 1. The second kappa shape index (κ2) is 10.1. The molecule has 8 nitrogen and oxygen atoms in total. The Bertz CT molecular complexity index is 1020. The van der Waals surface area contributed by atoms with Gasteiger partial charge in [-0.05, 0) is 17.2 Å². The Kier molecular flexibility index (Phi) is 7.05. The van der Waals surface area contributed by atoms with Gasteiger partial charge in [0.15, 0.2) is 0 Å². The molecule has 1 unspecified atom stereocenters. The predicted octanol–water partition coefficient (Wildman–Crippen LogP) is 2.29. The molecule has 0 aliphatic heterocycles. The Morgan fingerprint density at radius 1 is 1.03 bits per heavy atom. The van der Waals surface area contributed by atoms with Crippen LogP contribution < -0.4 is 10.6 Å². The van der Waals surface area contributed by atoms with Crippen molar-refractivity contribution in [1.82, 2.24) is 15.6 Å². The van der Waals surface area contributed by atoms with E-state index in [0.717, 1.165) is 22.0 Å². The number of esters is 1. The molecule has 156 valence electrons. The first-order chi connectivity index (χ1) is 14.6. The molecule has 2 aromatic carbocycles. The van der Waals surface area contributed by atoms with Gasteiger partial charge in [-0.2, -0.15) is 0 Å². The van der Waals surface area contributed by atoms with E-state index in [1.807, 2.05) is 54.6 Å². The summed E-state index contributed by atoms with van der Waals surface area (Å²) in [5.74, 6) is -0.966. The van der Waals surface area contributed by atoms with Gasteiger partial charge < -0.3 is 25.1 Å². The summed E-state index contributed by atoms with van der Waals surface area (Å²) in [5.41, 5.74) is 2.60. The second-order valence-corrected chi connectivity index (χ2v) is 6.62. The van der Waals surface area contributed by atoms with Crippen molar-refractivity contribution in [3.63, 3.8) is 0 Å². The highest BCUT2D eigenvalue weighted by atomic mass is 16.6. The molecule has 0 saturated heterocycles. The van der Waals surface area contributed by atoms with E-state index in [9.17, 15) is 14.4 Å². The summed E-state index contributed by atoms with van der Waals surface area (Å²) >= 11 is 0. The third-order valence-corrected chi connectivity index (χ3v) is 4.52. The van der Waals surface area contributed by atoms with Gasteiger partial charge in [0.25, 0.3) is 0 Å². The number of para-hydroxylation sites is 1. The number of nitrogens with one attached hydrogen (secondary N) is 3. The smallest absolute Gasteiger partial charge is 0.408 e. The molecule has 0 spiro atoms. The topological polar surface area (TPSA) is 110 Å². The lowest BCUT2D eigenvalue weighted by Crippen LogP contribution is -2.49. The van der Waals surface area contributed by atoms with Crippen molar-refractivity contribution in [2.24, 2.45) is 0 Å². The largest absolute Gasteiger partial charge is 0.467 e. The fourth-order valence-electron chi connectivity index (χ4n) is 2.97. The van der Waals surface area contributed by atoms with E-state index in [2.05, 4.69) is 15.6 Å². The first kappa shape index (κ1) is 20.9. The zero-order chi connectivity index (χ0) is 21.3. The summed E-state index contributed by atoms with van der Waals surface area (Å²) in [6, 6.07) is 15.7. The fourth-order valence-corrected chi connectivity index (χ4v) is 2.97. The van der Waals surface area contributed by atoms with E-state index >= 15 is 0 Å². The molecule has 0 bridgehead atoms. The molecule has 1 atom stereocenters. The molecule has 2 amide bonds. The number of amides is 2. The molecule has 3 N–H and O–H groups in total. The highest BCUT2D eigenvalue weighted by molar-refractivity contribution is 5.89. The molecule has 1 aromatic heterocycles. The SMILES string of the molecule is COC(=O)C(CNC(=O)Cc1c[nH]c2ccccc12)NC(=O)OCc1ccccc1. The Morgan fingerprint density at radius 3 is 2.53 bits per heavy atom. The van der Waals surface area contributed by atoms with Gasteiger partial charge in [-0.3, -0.25) is 4.79 Å². The van der Waals surface area contributed by atoms with Gasteiger partial charge >= 0.3 is 12.1 Å². The minimum atomic E-state index is -1.06. The minimum Gasteiger partial charge on any atom is -0.467 e. The molecule has 8 heteroatoms. The molecule has 3 aromatic rings. The van der Waals surface area contributed by atoms with Gasteiger partial charge in [-0.25, -0.2) is 9.59 Å². The van der Waals surface area contributed by atoms with E-state index in [4.69, 9.17) is 9.47 Å². The number of methoxy groups -OCH3 is 1. The Hall–Kier alpha value is -3.81. The average Bonchev–Trinajstić information content (AvgIpc) is 3.18. The summed E-state index contributed by atoms with van der Waals surface area (Å²) in [6.45, 7) is -0.0538. The van der Waals surface area contributed by atoms with Gasteiger partial charge in [0.05, 0.1) is 13.5 Å². The first-order valence-electron chi connectivity index (χ1n) is 9.43. The summed E-state index contributed by atoms with van der Waals surface area (Å²) in [5, 5.41) is 6.04. The number of ether oxygens (including phenoxy) is 2. The fraction of sp³-hybridized carbons (Fsp3) is 0.227. The molecule has 0 aliphatic carbocycles. The Labute approximate surface area is 173 Å². The van der Waals surface area contributed by atoms with Crippen LogP contribution in [0.5, 0.6) is 0 Å². The number of aromatic nitrogens is 1. The van der Waals surface area contributed by atoms with Crippen molar-refractivity contribution in [2.75, 3.05) is 13.7 Å². The van der Waals surface area contributed by atoms with Crippen molar-refractivity contribution < 1.29 is 23.9 Å². The van der Waals surface area contributed by atoms with E-state index in [1.54, 1.807) is 6.20 Å². The zero-order valence-electron chi connectivity index (χ0n) is 16.5. The van der Waals surface area contributed by atoms with Crippen LogP contribution in [0.15, 0.2) is 60.8 Å². The van der Waals surface area contributed by atoms with Crippen LogP contribution in [0, 0.1) is 0 Å². The lowest BCUT2D eigenvalue weighted by Gasteiger charge is -2.17. The first-order valence-corrected chi connectivity index (χ1v) is 9.43.